The summed E-state index contributed by atoms with van der Waals surface area (Å²) in [5.41, 5.74) is 0.944. The standard InChI is InChI=1S/C13H17O3/c1-14-12-7-3-2-6-11(12)10-16-13-8-4-5-9-15-13/h2-3,6-7,10,13H,4-5,8-9H2,1H3. The molecule has 1 aliphatic heterocycles. The van der Waals surface area contributed by atoms with Crippen LogP contribution in [0.4, 0.5) is 0 Å². The van der Waals surface area contributed by atoms with E-state index in [1.165, 1.54) is 6.42 Å². The van der Waals surface area contributed by atoms with Gasteiger partial charge in [0.15, 0.2) is 6.29 Å². The third-order valence-electron chi connectivity index (χ3n) is 2.62. The fraction of sp³-hybridized carbons (Fsp3) is 0.462. The Labute approximate surface area is 96.3 Å². The largest absolute Gasteiger partial charge is 0.496 e. The fourth-order valence-electron chi connectivity index (χ4n) is 1.73. The van der Waals surface area contributed by atoms with E-state index >= 15 is 0 Å². The van der Waals surface area contributed by atoms with Crippen LogP contribution in [0.1, 0.15) is 24.8 Å². The lowest BCUT2D eigenvalue weighted by Crippen LogP contribution is -2.21. The first-order valence-electron chi connectivity index (χ1n) is 5.63. The highest BCUT2D eigenvalue weighted by molar-refractivity contribution is 5.36. The van der Waals surface area contributed by atoms with Crippen molar-refractivity contribution in [3.05, 3.63) is 36.4 Å². The molecule has 0 amide bonds. The summed E-state index contributed by atoms with van der Waals surface area (Å²) < 4.78 is 16.3. The summed E-state index contributed by atoms with van der Waals surface area (Å²) in [6.07, 6.45) is 3.17. The third kappa shape index (κ3) is 2.97. The quantitative estimate of drug-likeness (QED) is 0.782. The molecule has 0 spiro atoms. The van der Waals surface area contributed by atoms with Gasteiger partial charge in [0.1, 0.15) is 12.4 Å². The molecule has 16 heavy (non-hydrogen) atoms. The summed E-state index contributed by atoms with van der Waals surface area (Å²) >= 11 is 0. The van der Waals surface area contributed by atoms with Crippen LogP contribution in [-0.2, 0) is 9.47 Å². The summed E-state index contributed by atoms with van der Waals surface area (Å²) in [6.45, 7) is 2.51. The summed E-state index contributed by atoms with van der Waals surface area (Å²) in [6, 6.07) is 7.77. The number of rotatable bonds is 4. The SMILES string of the molecule is COc1ccccc1[CH]OC1CCCCO1. The zero-order chi connectivity index (χ0) is 11.2. The fourth-order valence-corrected chi connectivity index (χ4v) is 1.73. The summed E-state index contributed by atoms with van der Waals surface area (Å²) in [4.78, 5) is 0. The first-order valence-corrected chi connectivity index (χ1v) is 5.63. The van der Waals surface area contributed by atoms with E-state index in [2.05, 4.69) is 0 Å². The van der Waals surface area contributed by atoms with Crippen LogP contribution in [-0.4, -0.2) is 20.0 Å². The van der Waals surface area contributed by atoms with Crippen molar-refractivity contribution < 1.29 is 14.2 Å². The molecule has 0 aromatic heterocycles. The van der Waals surface area contributed by atoms with Crippen molar-refractivity contribution in [2.45, 2.75) is 25.6 Å². The van der Waals surface area contributed by atoms with Crippen molar-refractivity contribution in [2.75, 3.05) is 13.7 Å². The topological polar surface area (TPSA) is 27.7 Å². The van der Waals surface area contributed by atoms with Gasteiger partial charge in [-0.05, 0) is 25.3 Å². The van der Waals surface area contributed by atoms with Gasteiger partial charge in [-0.3, -0.25) is 0 Å². The van der Waals surface area contributed by atoms with E-state index in [0.29, 0.717) is 0 Å². The predicted molar refractivity (Wildman–Crippen MR) is 61.1 cm³/mol. The van der Waals surface area contributed by atoms with Crippen LogP contribution in [0, 0.1) is 6.61 Å². The molecule has 1 unspecified atom stereocenters. The van der Waals surface area contributed by atoms with Gasteiger partial charge in [-0.2, -0.15) is 0 Å². The first kappa shape index (κ1) is 11.4. The van der Waals surface area contributed by atoms with Crippen molar-refractivity contribution in [1.29, 1.82) is 0 Å². The Bertz CT molecular complexity index is 319. The summed E-state index contributed by atoms with van der Waals surface area (Å²) in [7, 11) is 1.66. The van der Waals surface area contributed by atoms with E-state index in [1.807, 2.05) is 24.3 Å². The van der Waals surface area contributed by atoms with Crippen molar-refractivity contribution in [3.8, 4) is 5.75 Å². The average Bonchev–Trinajstić information content (AvgIpc) is 2.38. The molecule has 0 aliphatic carbocycles. The molecule has 1 saturated heterocycles. The van der Waals surface area contributed by atoms with Crippen LogP contribution in [0.2, 0.25) is 0 Å². The maximum absolute atomic E-state index is 5.58. The van der Waals surface area contributed by atoms with Crippen LogP contribution >= 0.6 is 0 Å². The molecule has 0 N–H and O–H groups in total. The normalized spacial score (nSPS) is 20.7. The number of para-hydroxylation sites is 1. The van der Waals surface area contributed by atoms with Gasteiger partial charge >= 0.3 is 0 Å². The second kappa shape index (κ2) is 5.87. The van der Waals surface area contributed by atoms with E-state index in [9.17, 15) is 0 Å². The molecule has 0 bridgehead atoms. The van der Waals surface area contributed by atoms with Crippen LogP contribution in [0.3, 0.4) is 0 Å². The Kier molecular flexibility index (Phi) is 4.19. The van der Waals surface area contributed by atoms with E-state index in [0.717, 1.165) is 30.8 Å². The van der Waals surface area contributed by atoms with Crippen molar-refractivity contribution in [1.82, 2.24) is 0 Å². The highest BCUT2D eigenvalue weighted by Gasteiger charge is 2.15. The van der Waals surface area contributed by atoms with Gasteiger partial charge in [0.05, 0.1) is 7.11 Å². The van der Waals surface area contributed by atoms with Crippen LogP contribution < -0.4 is 4.74 Å². The number of ether oxygens (including phenoxy) is 3. The lowest BCUT2D eigenvalue weighted by molar-refractivity contribution is -0.139. The van der Waals surface area contributed by atoms with E-state index < -0.39 is 0 Å². The monoisotopic (exact) mass is 221 g/mol. The Morgan fingerprint density at radius 3 is 2.94 bits per heavy atom. The van der Waals surface area contributed by atoms with Crippen LogP contribution in [0.5, 0.6) is 5.75 Å². The highest BCUT2D eigenvalue weighted by Crippen LogP contribution is 2.22. The van der Waals surface area contributed by atoms with Gasteiger partial charge in [-0.25, -0.2) is 0 Å². The molecule has 2 rings (SSSR count). The minimum absolute atomic E-state index is 0.0985. The second-order valence-corrected chi connectivity index (χ2v) is 3.79. The smallest absolute Gasteiger partial charge is 0.158 e. The summed E-state index contributed by atoms with van der Waals surface area (Å²) in [5, 5.41) is 0. The molecule has 3 nitrogen and oxygen atoms in total. The molecule has 0 saturated carbocycles. The van der Waals surface area contributed by atoms with Crippen molar-refractivity contribution >= 4 is 0 Å². The number of methoxy groups -OCH3 is 1. The number of hydrogen-bond donors (Lipinski definition) is 0. The first-order chi connectivity index (χ1) is 7.90. The minimum Gasteiger partial charge on any atom is -0.496 e. The molecule has 1 heterocycles. The third-order valence-corrected chi connectivity index (χ3v) is 2.62. The Balaban J connectivity index is 1.88. The lowest BCUT2D eigenvalue weighted by atomic mass is 10.2. The minimum atomic E-state index is -0.0985. The van der Waals surface area contributed by atoms with E-state index in [-0.39, 0.29) is 6.29 Å². The zero-order valence-electron chi connectivity index (χ0n) is 9.52. The molecular formula is C13H17O3. The van der Waals surface area contributed by atoms with Gasteiger partial charge < -0.3 is 14.2 Å². The van der Waals surface area contributed by atoms with Crippen molar-refractivity contribution in [3.63, 3.8) is 0 Å². The molecular weight excluding hydrogens is 204 g/mol. The lowest BCUT2D eigenvalue weighted by Gasteiger charge is -2.22. The zero-order valence-corrected chi connectivity index (χ0v) is 9.52. The second-order valence-electron chi connectivity index (χ2n) is 3.79. The van der Waals surface area contributed by atoms with Crippen LogP contribution in [0.15, 0.2) is 24.3 Å². The van der Waals surface area contributed by atoms with Crippen LogP contribution in [0.25, 0.3) is 0 Å². The molecule has 87 valence electrons. The summed E-state index contributed by atoms with van der Waals surface area (Å²) in [5.74, 6) is 0.818. The van der Waals surface area contributed by atoms with E-state index in [4.69, 9.17) is 14.2 Å². The highest BCUT2D eigenvalue weighted by atomic mass is 16.7. The maximum Gasteiger partial charge on any atom is 0.158 e. The number of hydrogen-bond acceptors (Lipinski definition) is 3. The van der Waals surface area contributed by atoms with Crippen molar-refractivity contribution in [2.24, 2.45) is 0 Å². The van der Waals surface area contributed by atoms with Gasteiger partial charge in [0.25, 0.3) is 0 Å². The maximum atomic E-state index is 5.58. The number of benzene rings is 1. The van der Waals surface area contributed by atoms with Gasteiger partial charge in [0, 0.05) is 12.2 Å². The molecule has 1 aromatic rings. The Morgan fingerprint density at radius 2 is 2.19 bits per heavy atom. The van der Waals surface area contributed by atoms with Gasteiger partial charge in [0.2, 0.25) is 0 Å². The molecule has 1 aliphatic rings. The van der Waals surface area contributed by atoms with Gasteiger partial charge in [-0.15, -0.1) is 0 Å². The Morgan fingerprint density at radius 1 is 1.31 bits per heavy atom. The Hall–Kier alpha value is -1.06. The molecule has 1 aromatic carbocycles. The van der Waals surface area contributed by atoms with E-state index in [1.54, 1.807) is 13.7 Å². The molecule has 1 fully saturated rings. The average molecular weight is 221 g/mol. The molecule has 1 radical (unpaired) electrons. The predicted octanol–water partition coefficient (Wildman–Crippen LogP) is 2.75. The van der Waals surface area contributed by atoms with Gasteiger partial charge in [-0.1, -0.05) is 18.2 Å². The molecule has 3 heteroatoms. The molecule has 1 atom stereocenters.